The van der Waals surface area contributed by atoms with Gasteiger partial charge in [-0.1, -0.05) is 18.2 Å². The Labute approximate surface area is 170 Å². The molecule has 0 radical (unpaired) electrons. The summed E-state index contributed by atoms with van der Waals surface area (Å²) in [6.07, 6.45) is 2.83. The summed E-state index contributed by atoms with van der Waals surface area (Å²) in [7, 11) is 1.37. The lowest BCUT2D eigenvalue weighted by Gasteiger charge is -2.06. The number of rotatable bonds is 6. The first kappa shape index (κ1) is 18.7. The van der Waals surface area contributed by atoms with Crippen LogP contribution in [0.1, 0.15) is 42.5 Å². The van der Waals surface area contributed by atoms with E-state index in [0.717, 1.165) is 36.1 Å². The Hall–Kier alpha value is -2.64. The third kappa shape index (κ3) is 3.81. The predicted molar refractivity (Wildman–Crippen MR) is 111 cm³/mol. The average molecular weight is 414 g/mol. The Morgan fingerprint density at radius 1 is 1.18 bits per heavy atom. The van der Waals surface area contributed by atoms with E-state index in [9.17, 15) is 9.59 Å². The first-order chi connectivity index (χ1) is 13.7. The molecule has 1 N–H and O–H groups in total. The highest BCUT2D eigenvalue weighted by Gasteiger charge is 2.28. The molecule has 3 aromatic rings. The molecule has 2 aromatic heterocycles. The highest BCUT2D eigenvalue weighted by molar-refractivity contribution is 7.17. The Balaban J connectivity index is 1.46. The van der Waals surface area contributed by atoms with Gasteiger partial charge < -0.3 is 14.8 Å². The second-order valence-electron chi connectivity index (χ2n) is 6.43. The summed E-state index contributed by atoms with van der Waals surface area (Å²) < 4.78 is 10.7. The van der Waals surface area contributed by atoms with Gasteiger partial charge in [-0.3, -0.25) is 4.79 Å². The molecule has 0 saturated carbocycles. The number of esters is 1. The van der Waals surface area contributed by atoms with Crippen molar-refractivity contribution in [2.75, 3.05) is 12.4 Å². The molecular formula is C21H19NO4S2. The van der Waals surface area contributed by atoms with E-state index in [2.05, 4.69) is 5.32 Å². The maximum Gasteiger partial charge on any atom is 0.341 e. The minimum Gasteiger partial charge on any atom is -0.489 e. The second-order valence-corrected chi connectivity index (χ2v) is 8.44. The minimum absolute atomic E-state index is 0.221. The number of hydrogen-bond acceptors (Lipinski definition) is 6. The van der Waals surface area contributed by atoms with Crippen molar-refractivity contribution in [3.8, 4) is 5.75 Å². The quantitative estimate of drug-likeness (QED) is 0.583. The van der Waals surface area contributed by atoms with Crippen LogP contribution in [0.2, 0.25) is 0 Å². The van der Waals surface area contributed by atoms with Gasteiger partial charge in [0, 0.05) is 10.4 Å². The number of carbonyl (C=O) groups is 2. The van der Waals surface area contributed by atoms with Crippen molar-refractivity contribution >= 4 is 39.6 Å². The fourth-order valence-electron chi connectivity index (χ4n) is 3.23. The maximum atomic E-state index is 12.7. The number of benzene rings is 1. The molecule has 1 amide bonds. The van der Waals surface area contributed by atoms with Crippen LogP contribution in [-0.2, 0) is 24.2 Å². The van der Waals surface area contributed by atoms with Crippen LogP contribution in [0, 0.1) is 0 Å². The monoisotopic (exact) mass is 413 g/mol. The van der Waals surface area contributed by atoms with E-state index in [1.54, 1.807) is 0 Å². The van der Waals surface area contributed by atoms with Gasteiger partial charge in [0.25, 0.3) is 5.91 Å². The van der Waals surface area contributed by atoms with Gasteiger partial charge in [0.2, 0.25) is 0 Å². The summed E-state index contributed by atoms with van der Waals surface area (Å²) in [5, 5.41) is 5.40. The molecule has 28 heavy (non-hydrogen) atoms. The van der Waals surface area contributed by atoms with E-state index in [0.29, 0.717) is 22.0 Å². The van der Waals surface area contributed by atoms with E-state index in [1.165, 1.54) is 34.7 Å². The van der Waals surface area contributed by atoms with E-state index >= 15 is 0 Å². The molecule has 1 aliphatic rings. The number of aryl methyl sites for hydroxylation is 1. The van der Waals surface area contributed by atoms with Crippen LogP contribution in [0.4, 0.5) is 5.00 Å². The highest BCUT2D eigenvalue weighted by atomic mass is 32.1. The highest BCUT2D eigenvalue weighted by Crippen LogP contribution is 2.39. The van der Waals surface area contributed by atoms with Gasteiger partial charge >= 0.3 is 5.97 Å². The summed E-state index contributed by atoms with van der Waals surface area (Å²) in [6, 6.07) is 11.4. The first-order valence-corrected chi connectivity index (χ1v) is 10.6. The third-order valence-electron chi connectivity index (χ3n) is 4.56. The number of amides is 1. The lowest BCUT2D eigenvalue weighted by molar-refractivity contribution is 0.0601. The fraction of sp³-hybridized carbons (Fsp3) is 0.238. The molecule has 4 rings (SSSR count). The molecule has 0 fully saturated rings. The average Bonchev–Trinajstić information content (AvgIpc) is 3.42. The normalized spacial score (nSPS) is 12.5. The summed E-state index contributed by atoms with van der Waals surface area (Å²) in [5.74, 6) is 0.175. The number of carbonyl (C=O) groups excluding carboxylic acids is 2. The van der Waals surface area contributed by atoms with Gasteiger partial charge in [0.05, 0.1) is 17.6 Å². The molecule has 2 heterocycles. The SMILES string of the molecule is COC(=O)c1c(NC(=O)c2cc(COc3ccccc3)cs2)sc2c1CCC2. The second kappa shape index (κ2) is 8.16. The fourth-order valence-corrected chi connectivity index (χ4v) is 5.29. The third-order valence-corrected chi connectivity index (χ3v) is 6.75. The molecule has 0 unspecified atom stereocenters. The maximum absolute atomic E-state index is 12.7. The van der Waals surface area contributed by atoms with Crippen molar-refractivity contribution in [2.45, 2.75) is 25.9 Å². The Kier molecular flexibility index (Phi) is 5.45. The van der Waals surface area contributed by atoms with Gasteiger partial charge in [-0.15, -0.1) is 22.7 Å². The molecule has 7 heteroatoms. The van der Waals surface area contributed by atoms with Crippen molar-refractivity contribution in [1.29, 1.82) is 0 Å². The minimum atomic E-state index is -0.391. The molecule has 144 valence electrons. The van der Waals surface area contributed by atoms with Crippen molar-refractivity contribution in [2.24, 2.45) is 0 Å². The van der Waals surface area contributed by atoms with E-state index in [-0.39, 0.29) is 5.91 Å². The number of thiophene rings is 2. The van der Waals surface area contributed by atoms with Crippen molar-refractivity contribution in [3.63, 3.8) is 0 Å². The lowest BCUT2D eigenvalue weighted by Crippen LogP contribution is -2.13. The van der Waals surface area contributed by atoms with Gasteiger partial charge in [0.1, 0.15) is 17.4 Å². The van der Waals surface area contributed by atoms with Crippen molar-refractivity contribution in [1.82, 2.24) is 0 Å². The lowest BCUT2D eigenvalue weighted by atomic mass is 10.1. The number of para-hydroxylation sites is 1. The smallest absolute Gasteiger partial charge is 0.341 e. The summed E-state index contributed by atoms with van der Waals surface area (Å²) >= 11 is 2.84. The number of methoxy groups -OCH3 is 1. The van der Waals surface area contributed by atoms with Gasteiger partial charge in [0.15, 0.2) is 0 Å². The molecule has 0 atom stereocenters. The van der Waals surface area contributed by atoms with Crippen LogP contribution in [0.3, 0.4) is 0 Å². The first-order valence-electron chi connectivity index (χ1n) is 8.95. The summed E-state index contributed by atoms with van der Waals surface area (Å²) in [5.41, 5.74) is 2.47. The van der Waals surface area contributed by atoms with E-state index in [1.807, 2.05) is 41.8 Å². The van der Waals surface area contributed by atoms with Crippen LogP contribution in [0.5, 0.6) is 5.75 Å². The number of fused-ring (bicyclic) bond motifs is 1. The van der Waals surface area contributed by atoms with Gasteiger partial charge in [-0.05, 0) is 48.4 Å². The van der Waals surface area contributed by atoms with Crippen molar-refractivity contribution < 1.29 is 19.1 Å². The topological polar surface area (TPSA) is 64.6 Å². The molecule has 0 aliphatic heterocycles. The van der Waals surface area contributed by atoms with Crippen LogP contribution in [0.15, 0.2) is 41.8 Å². The van der Waals surface area contributed by atoms with Crippen molar-refractivity contribution in [3.05, 3.63) is 68.2 Å². The molecule has 0 bridgehead atoms. The zero-order chi connectivity index (χ0) is 19.5. The van der Waals surface area contributed by atoms with Gasteiger partial charge in [-0.2, -0.15) is 0 Å². The largest absolute Gasteiger partial charge is 0.489 e. The standard InChI is InChI=1S/C21H19NO4S2/c1-25-21(24)18-15-8-5-9-16(15)28-20(18)22-19(23)17-10-13(12-27-17)11-26-14-6-3-2-4-7-14/h2-4,6-7,10,12H,5,8-9,11H2,1H3,(H,22,23). The van der Waals surface area contributed by atoms with Crippen LogP contribution < -0.4 is 10.1 Å². The summed E-state index contributed by atoms with van der Waals surface area (Å²) in [6.45, 7) is 0.397. The Bertz CT molecular complexity index is 1010. The van der Waals surface area contributed by atoms with E-state index < -0.39 is 5.97 Å². The molecule has 0 spiro atoms. The Morgan fingerprint density at radius 3 is 2.79 bits per heavy atom. The molecule has 1 aromatic carbocycles. The van der Waals surface area contributed by atoms with Gasteiger partial charge in [-0.25, -0.2) is 4.79 Å². The predicted octanol–water partition coefficient (Wildman–Crippen LogP) is 4.92. The zero-order valence-electron chi connectivity index (χ0n) is 15.3. The Morgan fingerprint density at radius 2 is 2.00 bits per heavy atom. The molecule has 0 saturated heterocycles. The number of hydrogen-bond donors (Lipinski definition) is 1. The van der Waals surface area contributed by atoms with E-state index in [4.69, 9.17) is 9.47 Å². The molecule has 5 nitrogen and oxygen atoms in total. The molecular weight excluding hydrogens is 394 g/mol. The summed E-state index contributed by atoms with van der Waals surface area (Å²) in [4.78, 5) is 26.7. The number of ether oxygens (including phenoxy) is 2. The molecule has 1 aliphatic carbocycles. The van der Waals surface area contributed by atoms with Crippen LogP contribution in [0.25, 0.3) is 0 Å². The number of anilines is 1. The van der Waals surface area contributed by atoms with Crippen LogP contribution in [-0.4, -0.2) is 19.0 Å². The van der Waals surface area contributed by atoms with Crippen LogP contribution >= 0.6 is 22.7 Å². The zero-order valence-corrected chi connectivity index (χ0v) is 17.0. The number of nitrogens with one attached hydrogen (secondary N) is 1.